The highest BCUT2D eigenvalue weighted by Gasteiger charge is 2.22. The van der Waals surface area contributed by atoms with Crippen molar-refractivity contribution in [2.75, 3.05) is 43.1 Å². The number of carbonyl (C=O) groups is 1. The maximum Gasteiger partial charge on any atom is 0.271 e. The molecular formula is C22H29N5O2. The molecule has 0 unspecified atom stereocenters. The van der Waals surface area contributed by atoms with Gasteiger partial charge < -0.3 is 19.9 Å². The summed E-state index contributed by atoms with van der Waals surface area (Å²) in [7, 11) is 1.71. The lowest BCUT2D eigenvalue weighted by Gasteiger charge is -2.37. The van der Waals surface area contributed by atoms with Crippen LogP contribution in [-0.4, -0.2) is 55.2 Å². The Morgan fingerprint density at radius 2 is 1.72 bits per heavy atom. The molecule has 1 N–H and O–H groups in total. The van der Waals surface area contributed by atoms with Gasteiger partial charge in [-0.3, -0.25) is 4.79 Å². The average Bonchev–Trinajstić information content (AvgIpc) is 2.80. The van der Waals surface area contributed by atoms with Crippen molar-refractivity contribution in [1.82, 2.24) is 15.3 Å². The Labute approximate surface area is 172 Å². The summed E-state index contributed by atoms with van der Waals surface area (Å²) in [5, 5.41) is 3.10. The van der Waals surface area contributed by atoms with Crippen LogP contribution in [0.15, 0.2) is 36.7 Å². The minimum Gasteiger partial charge on any atom is -0.495 e. The van der Waals surface area contributed by atoms with E-state index in [4.69, 9.17) is 4.74 Å². The van der Waals surface area contributed by atoms with Crippen LogP contribution in [0.3, 0.4) is 0 Å². The summed E-state index contributed by atoms with van der Waals surface area (Å²) in [6.45, 7) is 3.46. The van der Waals surface area contributed by atoms with Crippen LogP contribution in [-0.2, 0) is 0 Å². The molecule has 0 bridgehead atoms. The topological polar surface area (TPSA) is 70.6 Å². The number of carbonyl (C=O) groups excluding carboxylic acids is 1. The average molecular weight is 396 g/mol. The van der Waals surface area contributed by atoms with Crippen LogP contribution in [0.4, 0.5) is 11.5 Å². The molecule has 7 heteroatoms. The summed E-state index contributed by atoms with van der Waals surface area (Å²) in [6.07, 6.45) is 9.09. The van der Waals surface area contributed by atoms with Gasteiger partial charge >= 0.3 is 0 Å². The molecule has 0 atom stereocenters. The van der Waals surface area contributed by atoms with Crippen LogP contribution in [0, 0.1) is 0 Å². The van der Waals surface area contributed by atoms with Gasteiger partial charge in [-0.25, -0.2) is 9.97 Å². The van der Waals surface area contributed by atoms with E-state index in [9.17, 15) is 4.79 Å². The van der Waals surface area contributed by atoms with Crippen molar-refractivity contribution in [2.24, 2.45) is 0 Å². The Kier molecular flexibility index (Phi) is 6.12. The van der Waals surface area contributed by atoms with Crippen LogP contribution in [0.2, 0.25) is 0 Å². The SMILES string of the molecule is COc1ccccc1N1CCN(c2cnc(C(=O)NC3CCCCC3)cn2)CC1. The third-order valence-corrected chi connectivity index (χ3v) is 5.84. The molecule has 4 rings (SSSR count). The quantitative estimate of drug-likeness (QED) is 0.840. The van der Waals surface area contributed by atoms with E-state index < -0.39 is 0 Å². The minimum absolute atomic E-state index is 0.114. The van der Waals surface area contributed by atoms with Crippen molar-refractivity contribution in [3.05, 3.63) is 42.4 Å². The largest absolute Gasteiger partial charge is 0.495 e. The standard InChI is InChI=1S/C22H29N5O2/c1-29-20-10-6-5-9-19(20)26-11-13-27(14-12-26)21-16-23-18(15-24-21)22(28)25-17-7-3-2-4-8-17/h5-6,9-10,15-17H,2-4,7-8,11-14H2,1H3,(H,25,28). The number of rotatable bonds is 5. The first-order valence-corrected chi connectivity index (χ1v) is 10.5. The van der Waals surface area contributed by atoms with Crippen molar-refractivity contribution >= 4 is 17.4 Å². The molecule has 29 heavy (non-hydrogen) atoms. The molecule has 1 saturated heterocycles. The number of para-hydroxylation sites is 2. The predicted molar refractivity (Wildman–Crippen MR) is 114 cm³/mol. The van der Waals surface area contributed by atoms with Crippen LogP contribution in [0.25, 0.3) is 0 Å². The molecular weight excluding hydrogens is 366 g/mol. The van der Waals surface area contributed by atoms with Gasteiger partial charge in [-0.2, -0.15) is 0 Å². The second kappa shape index (κ2) is 9.11. The van der Waals surface area contributed by atoms with Gasteiger partial charge in [0.15, 0.2) is 0 Å². The van der Waals surface area contributed by atoms with E-state index in [0.717, 1.165) is 56.3 Å². The van der Waals surface area contributed by atoms with Crippen LogP contribution in [0.5, 0.6) is 5.75 Å². The molecule has 154 valence electrons. The number of aromatic nitrogens is 2. The number of amides is 1. The number of ether oxygens (including phenoxy) is 1. The van der Waals surface area contributed by atoms with Crippen molar-refractivity contribution < 1.29 is 9.53 Å². The fourth-order valence-electron chi connectivity index (χ4n) is 4.18. The lowest BCUT2D eigenvalue weighted by atomic mass is 9.95. The summed E-state index contributed by atoms with van der Waals surface area (Å²) in [5.74, 6) is 1.60. The number of nitrogens with zero attached hydrogens (tertiary/aromatic N) is 4. The van der Waals surface area contributed by atoms with E-state index in [1.165, 1.54) is 19.3 Å². The molecule has 1 aromatic heterocycles. The molecule has 1 aromatic carbocycles. The number of piperazine rings is 1. The Balaban J connectivity index is 1.33. The molecule has 1 aliphatic heterocycles. The van der Waals surface area contributed by atoms with E-state index in [1.54, 1.807) is 19.5 Å². The van der Waals surface area contributed by atoms with E-state index in [-0.39, 0.29) is 11.9 Å². The fraction of sp³-hybridized carbons (Fsp3) is 0.500. The third kappa shape index (κ3) is 4.60. The molecule has 1 amide bonds. The number of hydrogen-bond donors (Lipinski definition) is 1. The van der Waals surface area contributed by atoms with Gasteiger partial charge in [0.1, 0.15) is 17.3 Å². The summed E-state index contributed by atoms with van der Waals surface area (Å²) in [4.78, 5) is 25.8. The lowest BCUT2D eigenvalue weighted by molar-refractivity contribution is 0.0922. The van der Waals surface area contributed by atoms with Crippen molar-refractivity contribution in [1.29, 1.82) is 0 Å². The van der Waals surface area contributed by atoms with E-state index in [0.29, 0.717) is 5.69 Å². The molecule has 2 fully saturated rings. The second-order valence-electron chi connectivity index (χ2n) is 7.71. The zero-order valence-corrected chi connectivity index (χ0v) is 17.0. The lowest BCUT2D eigenvalue weighted by Crippen LogP contribution is -2.47. The maximum absolute atomic E-state index is 12.4. The van der Waals surface area contributed by atoms with Crippen LogP contribution < -0.4 is 19.9 Å². The van der Waals surface area contributed by atoms with Gasteiger partial charge in [-0.1, -0.05) is 31.4 Å². The number of nitrogens with one attached hydrogen (secondary N) is 1. The number of hydrogen-bond acceptors (Lipinski definition) is 6. The molecule has 0 radical (unpaired) electrons. The predicted octanol–water partition coefficient (Wildman–Crippen LogP) is 2.87. The highest BCUT2D eigenvalue weighted by atomic mass is 16.5. The first-order valence-electron chi connectivity index (χ1n) is 10.5. The molecule has 2 aromatic rings. The first kappa shape index (κ1) is 19.5. The maximum atomic E-state index is 12.4. The Hall–Kier alpha value is -2.83. The molecule has 2 heterocycles. The monoisotopic (exact) mass is 395 g/mol. The Bertz CT molecular complexity index is 812. The zero-order chi connectivity index (χ0) is 20.1. The second-order valence-corrected chi connectivity index (χ2v) is 7.71. The van der Waals surface area contributed by atoms with Gasteiger partial charge in [0.2, 0.25) is 0 Å². The third-order valence-electron chi connectivity index (χ3n) is 5.84. The van der Waals surface area contributed by atoms with Gasteiger partial charge in [-0.15, -0.1) is 0 Å². The molecule has 2 aliphatic rings. The van der Waals surface area contributed by atoms with Gasteiger partial charge in [0, 0.05) is 32.2 Å². The number of methoxy groups -OCH3 is 1. The fourth-order valence-corrected chi connectivity index (χ4v) is 4.18. The van der Waals surface area contributed by atoms with E-state index in [1.807, 2.05) is 18.2 Å². The molecule has 7 nitrogen and oxygen atoms in total. The minimum atomic E-state index is -0.114. The molecule has 1 saturated carbocycles. The highest BCUT2D eigenvalue weighted by Crippen LogP contribution is 2.28. The Morgan fingerprint density at radius 1 is 1.00 bits per heavy atom. The highest BCUT2D eigenvalue weighted by molar-refractivity contribution is 5.92. The van der Waals surface area contributed by atoms with Crippen molar-refractivity contribution in [3.63, 3.8) is 0 Å². The molecule has 0 spiro atoms. The zero-order valence-electron chi connectivity index (χ0n) is 17.0. The van der Waals surface area contributed by atoms with Crippen LogP contribution >= 0.6 is 0 Å². The van der Waals surface area contributed by atoms with Gasteiger partial charge in [0.05, 0.1) is 25.2 Å². The first-order chi connectivity index (χ1) is 14.2. The van der Waals surface area contributed by atoms with E-state index in [2.05, 4.69) is 31.2 Å². The summed E-state index contributed by atoms with van der Waals surface area (Å²) >= 11 is 0. The summed E-state index contributed by atoms with van der Waals surface area (Å²) in [6, 6.07) is 8.38. The molecule has 1 aliphatic carbocycles. The number of anilines is 2. The van der Waals surface area contributed by atoms with Gasteiger partial charge in [0.25, 0.3) is 5.91 Å². The van der Waals surface area contributed by atoms with E-state index >= 15 is 0 Å². The normalized spacial score (nSPS) is 17.8. The summed E-state index contributed by atoms with van der Waals surface area (Å²) in [5.41, 5.74) is 1.52. The van der Waals surface area contributed by atoms with Crippen LogP contribution in [0.1, 0.15) is 42.6 Å². The van der Waals surface area contributed by atoms with Crippen molar-refractivity contribution in [3.8, 4) is 5.75 Å². The smallest absolute Gasteiger partial charge is 0.271 e. The van der Waals surface area contributed by atoms with Gasteiger partial charge in [-0.05, 0) is 25.0 Å². The Morgan fingerprint density at radius 3 is 2.41 bits per heavy atom. The summed E-state index contributed by atoms with van der Waals surface area (Å²) < 4.78 is 5.48. The van der Waals surface area contributed by atoms with Crippen molar-refractivity contribution in [2.45, 2.75) is 38.1 Å². The number of benzene rings is 1.